The van der Waals surface area contributed by atoms with Gasteiger partial charge in [0.25, 0.3) is 0 Å². The first-order valence-electron chi connectivity index (χ1n) is 6.20. The Morgan fingerprint density at radius 2 is 2.30 bits per heavy atom. The predicted molar refractivity (Wildman–Crippen MR) is 62.0 cm³/mol. The zero-order valence-corrected chi connectivity index (χ0v) is 10.9. The molecule has 2 heterocycles. The maximum Gasteiger partial charge on any atom is 0.422 e. The largest absolute Gasteiger partial charge is 0.440 e. The van der Waals surface area contributed by atoms with Crippen LogP contribution in [0.4, 0.5) is 18.0 Å². The number of nitrogens with zero attached hydrogens (tertiary/aromatic N) is 4. The topological polar surface area (TPSA) is 60.2 Å². The Bertz CT molecular complexity index is 474. The zero-order chi connectivity index (χ0) is 14.8. The number of rotatable bonds is 2. The summed E-state index contributed by atoms with van der Waals surface area (Å²) in [6.07, 6.45) is -2.18. The third-order valence-electron chi connectivity index (χ3n) is 3.08. The lowest BCUT2D eigenvalue weighted by Crippen LogP contribution is -2.40. The molecule has 0 N–H and O–H groups in total. The summed E-state index contributed by atoms with van der Waals surface area (Å²) in [5, 5.41) is 7.79. The van der Waals surface area contributed by atoms with Gasteiger partial charge in [-0.25, -0.2) is 4.79 Å². The third kappa shape index (κ3) is 3.84. The van der Waals surface area contributed by atoms with Crippen LogP contribution in [0, 0.1) is 0 Å². The van der Waals surface area contributed by atoms with Crippen LogP contribution < -0.4 is 0 Å². The van der Waals surface area contributed by atoms with E-state index in [1.54, 1.807) is 17.9 Å². The van der Waals surface area contributed by atoms with E-state index in [-0.39, 0.29) is 5.92 Å². The highest BCUT2D eigenvalue weighted by Crippen LogP contribution is 2.25. The number of halogens is 3. The number of alkyl halides is 3. The SMILES string of the molecule is Cn1cc(C2CCCN(C(=O)OCC(F)(F)F)C2)nn1. The second-order valence-corrected chi connectivity index (χ2v) is 4.77. The van der Waals surface area contributed by atoms with Gasteiger partial charge in [-0.3, -0.25) is 4.68 Å². The van der Waals surface area contributed by atoms with Gasteiger partial charge in [0.1, 0.15) is 0 Å². The van der Waals surface area contributed by atoms with Gasteiger partial charge >= 0.3 is 12.3 Å². The van der Waals surface area contributed by atoms with Crippen LogP contribution in [0.5, 0.6) is 0 Å². The minimum Gasteiger partial charge on any atom is -0.440 e. The molecule has 1 amide bonds. The van der Waals surface area contributed by atoms with Crippen LogP contribution >= 0.6 is 0 Å². The van der Waals surface area contributed by atoms with Crippen molar-refractivity contribution in [3.63, 3.8) is 0 Å². The van der Waals surface area contributed by atoms with E-state index in [1.807, 2.05) is 0 Å². The highest BCUT2D eigenvalue weighted by molar-refractivity contribution is 5.67. The molecular weight excluding hydrogens is 277 g/mol. The van der Waals surface area contributed by atoms with Crippen LogP contribution in [-0.4, -0.2) is 51.9 Å². The highest BCUT2D eigenvalue weighted by Gasteiger charge is 2.32. The van der Waals surface area contributed by atoms with Crippen LogP contribution in [0.15, 0.2) is 6.20 Å². The van der Waals surface area contributed by atoms with E-state index in [0.29, 0.717) is 19.5 Å². The lowest BCUT2D eigenvalue weighted by molar-refractivity contribution is -0.162. The van der Waals surface area contributed by atoms with Crippen molar-refractivity contribution in [2.45, 2.75) is 24.9 Å². The Kier molecular flexibility index (Phi) is 4.15. The molecule has 1 atom stereocenters. The van der Waals surface area contributed by atoms with Crippen molar-refractivity contribution in [3.8, 4) is 0 Å². The number of aryl methyl sites for hydroxylation is 1. The number of likely N-dealkylation sites (tertiary alicyclic amines) is 1. The molecule has 1 aliphatic rings. The van der Waals surface area contributed by atoms with E-state index in [1.165, 1.54) is 4.90 Å². The summed E-state index contributed by atoms with van der Waals surface area (Å²) in [6.45, 7) is -0.860. The van der Waals surface area contributed by atoms with Gasteiger partial charge in [0.2, 0.25) is 0 Å². The number of ether oxygens (including phenoxy) is 1. The minimum atomic E-state index is -4.50. The van der Waals surface area contributed by atoms with Crippen molar-refractivity contribution >= 4 is 6.09 Å². The molecule has 1 fully saturated rings. The normalized spacial score (nSPS) is 20.0. The van der Waals surface area contributed by atoms with Crippen molar-refractivity contribution in [1.29, 1.82) is 0 Å². The van der Waals surface area contributed by atoms with Gasteiger partial charge in [0, 0.05) is 32.3 Å². The third-order valence-corrected chi connectivity index (χ3v) is 3.08. The smallest absolute Gasteiger partial charge is 0.422 e. The number of hydrogen-bond acceptors (Lipinski definition) is 4. The lowest BCUT2D eigenvalue weighted by Gasteiger charge is -2.31. The fraction of sp³-hybridized carbons (Fsp3) is 0.727. The van der Waals surface area contributed by atoms with Gasteiger partial charge in [-0.05, 0) is 12.8 Å². The summed E-state index contributed by atoms with van der Waals surface area (Å²) < 4.78 is 41.8. The van der Waals surface area contributed by atoms with Crippen molar-refractivity contribution in [1.82, 2.24) is 19.9 Å². The van der Waals surface area contributed by atoms with Crippen LogP contribution in [0.3, 0.4) is 0 Å². The molecule has 1 aromatic rings. The molecule has 0 radical (unpaired) electrons. The summed E-state index contributed by atoms with van der Waals surface area (Å²) in [4.78, 5) is 12.9. The molecule has 0 saturated carbocycles. The monoisotopic (exact) mass is 292 g/mol. The van der Waals surface area contributed by atoms with Crippen LogP contribution in [0.2, 0.25) is 0 Å². The second kappa shape index (κ2) is 5.68. The van der Waals surface area contributed by atoms with Gasteiger partial charge in [0.05, 0.1) is 5.69 Å². The second-order valence-electron chi connectivity index (χ2n) is 4.77. The van der Waals surface area contributed by atoms with E-state index >= 15 is 0 Å². The van der Waals surface area contributed by atoms with Crippen LogP contribution in [0.25, 0.3) is 0 Å². The number of hydrogen-bond donors (Lipinski definition) is 0. The van der Waals surface area contributed by atoms with Gasteiger partial charge in [-0.1, -0.05) is 5.21 Å². The summed E-state index contributed by atoms with van der Waals surface area (Å²) in [5.41, 5.74) is 0.737. The molecule has 0 bridgehead atoms. The average Bonchev–Trinajstić information content (AvgIpc) is 2.82. The summed E-state index contributed by atoms with van der Waals surface area (Å²) in [6, 6.07) is 0. The lowest BCUT2D eigenvalue weighted by atomic mass is 9.96. The summed E-state index contributed by atoms with van der Waals surface area (Å²) in [5.74, 6) is -0.0177. The Balaban J connectivity index is 1.91. The molecule has 2 rings (SSSR count). The Morgan fingerprint density at radius 3 is 2.90 bits per heavy atom. The number of aromatic nitrogens is 3. The molecule has 0 spiro atoms. The Morgan fingerprint density at radius 1 is 1.55 bits per heavy atom. The highest BCUT2D eigenvalue weighted by atomic mass is 19.4. The summed E-state index contributed by atoms with van der Waals surface area (Å²) in [7, 11) is 1.73. The molecule has 1 aliphatic heterocycles. The molecule has 20 heavy (non-hydrogen) atoms. The molecule has 112 valence electrons. The van der Waals surface area contributed by atoms with Gasteiger partial charge in [0.15, 0.2) is 6.61 Å². The maximum atomic E-state index is 12.0. The first kappa shape index (κ1) is 14.6. The molecule has 6 nitrogen and oxygen atoms in total. The van der Waals surface area contributed by atoms with Crippen molar-refractivity contribution in [3.05, 3.63) is 11.9 Å². The van der Waals surface area contributed by atoms with Gasteiger partial charge in [-0.2, -0.15) is 13.2 Å². The van der Waals surface area contributed by atoms with E-state index in [0.717, 1.165) is 12.1 Å². The van der Waals surface area contributed by atoms with Gasteiger partial charge < -0.3 is 9.64 Å². The van der Waals surface area contributed by atoms with E-state index in [4.69, 9.17) is 0 Å². The fourth-order valence-electron chi connectivity index (χ4n) is 2.17. The number of carbonyl (C=O) groups excluding carboxylic acids is 1. The molecule has 0 aromatic carbocycles. The molecular formula is C11H15F3N4O2. The Hall–Kier alpha value is -1.80. The maximum absolute atomic E-state index is 12.0. The average molecular weight is 292 g/mol. The number of carbonyl (C=O) groups is 1. The van der Waals surface area contributed by atoms with Crippen molar-refractivity contribution in [2.24, 2.45) is 7.05 Å². The van der Waals surface area contributed by atoms with Crippen LogP contribution in [0.1, 0.15) is 24.5 Å². The van der Waals surface area contributed by atoms with Crippen molar-refractivity contribution in [2.75, 3.05) is 19.7 Å². The Labute approximate surface area is 113 Å². The van der Waals surface area contributed by atoms with E-state index < -0.39 is 18.9 Å². The molecule has 9 heteroatoms. The van der Waals surface area contributed by atoms with Crippen LogP contribution in [-0.2, 0) is 11.8 Å². The molecule has 1 saturated heterocycles. The standard InChI is InChI=1S/C11H15F3N4O2/c1-17-6-9(15-16-17)8-3-2-4-18(5-8)10(19)20-7-11(12,13)14/h6,8H,2-5,7H2,1H3. The van der Waals surface area contributed by atoms with E-state index in [9.17, 15) is 18.0 Å². The molecule has 0 aliphatic carbocycles. The molecule has 1 unspecified atom stereocenters. The molecule has 1 aromatic heterocycles. The quantitative estimate of drug-likeness (QED) is 0.832. The van der Waals surface area contributed by atoms with Crippen molar-refractivity contribution < 1.29 is 22.7 Å². The number of piperidine rings is 1. The number of amides is 1. The van der Waals surface area contributed by atoms with Gasteiger partial charge in [-0.15, -0.1) is 5.10 Å². The first-order valence-corrected chi connectivity index (χ1v) is 6.20. The zero-order valence-electron chi connectivity index (χ0n) is 10.9. The fourth-order valence-corrected chi connectivity index (χ4v) is 2.17. The first-order chi connectivity index (χ1) is 9.35. The van der Waals surface area contributed by atoms with E-state index in [2.05, 4.69) is 15.0 Å². The predicted octanol–water partition coefficient (Wildman–Crippen LogP) is 1.69. The minimum absolute atomic E-state index is 0.0177. The summed E-state index contributed by atoms with van der Waals surface area (Å²) >= 11 is 0.